The van der Waals surface area contributed by atoms with E-state index in [0.29, 0.717) is 10.9 Å². The standard InChI is InChI=1S/C22H17BrN2O2S/c1-15-14-28-22(24-15)25(17-8-3-2-4-9-17)20(26)13-27-19-12-11-16-7-5-6-10-18(16)21(19)23/h2-12,14H,13H2,1H3. The van der Waals surface area contributed by atoms with Crippen molar-refractivity contribution in [1.82, 2.24) is 4.98 Å². The minimum Gasteiger partial charge on any atom is -0.483 e. The van der Waals surface area contributed by atoms with Gasteiger partial charge < -0.3 is 4.74 Å². The molecule has 3 aromatic carbocycles. The second-order valence-electron chi connectivity index (χ2n) is 6.22. The molecule has 4 nitrogen and oxygen atoms in total. The maximum atomic E-state index is 13.1. The summed E-state index contributed by atoms with van der Waals surface area (Å²) in [5.74, 6) is 0.455. The van der Waals surface area contributed by atoms with E-state index in [-0.39, 0.29) is 12.5 Å². The number of ether oxygens (including phenoxy) is 1. The van der Waals surface area contributed by atoms with E-state index >= 15 is 0 Å². The van der Waals surface area contributed by atoms with E-state index in [2.05, 4.69) is 20.9 Å². The largest absolute Gasteiger partial charge is 0.483 e. The summed E-state index contributed by atoms with van der Waals surface area (Å²) in [6, 6.07) is 21.4. The van der Waals surface area contributed by atoms with E-state index in [4.69, 9.17) is 4.74 Å². The summed E-state index contributed by atoms with van der Waals surface area (Å²) in [5.41, 5.74) is 1.65. The van der Waals surface area contributed by atoms with Gasteiger partial charge in [-0.3, -0.25) is 9.69 Å². The fraction of sp³-hybridized carbons (Fsp3) is 0.0909. The van der Waals surface area contributed by atoms with Crippen molar-refractivity contribution in [2.75, 3.05) is 11.5 Å². The second-order valence-corrected chi connectivity index (χ2v) is 7.85. The van der Waals surface area contributed by atoms with E-state index in [9.17, 15) is 4.79 Å². The average Bonchev–Trinajstić information content (AvgIpc) is 3.14. The Labute approximate surface area is 175 Å². The number of nitrogens with zero attached hydrogens (tertiary/aromatic N) is 2. The van der Waals surface area contributed by atoms with Crippen molar-refractivity contribution in [3.63, 3.8) is 0 Å². The summed E-state index contributed by atoms with van der Waals surface area (Å²) in [6.07, 6.45) is 0. The van der Waals surface area contributed by atoms with Crippen molar-refractivity contribution in [2.45, 2.75) is 6.92 Å². The van der Waals surface area contributed by atoms with Gasteiger partial charge in [-0.15, -0.1) is 11.3 Å². The molecule has 1 aromatic heterocycles. The number of hydrogen-bond acceptors (Lipinski definition) is 4. The number of fused-ring (bicyclic) bond motifs is 1. The number of rotatable bonds is 5. The first-order chi connectivity index (χ1) is 13.6. The van der Waals surface area contributed by atoms with Crippen molar-refractivity contribution < 1.29 is 9.53 Å². The van der Waals surface area contributed by atoms with Crippen molar-refractivity contribution >= 4 is 54.8 Å². The lowest BCUT2D eigenvalue weighted by molar-refractivity contribution is -0.119. The van der Waals surface area contributed by atoms with Crippen LogP contribution in [0.15, 0.2) is 76.6 Å². The number of hydrogen-bond donors (Lipinski definition) is 0. The van der Waals surface area contributed by atoms with E-state index in [1.54, 1.807) is 4.90 Å². The molecule has 0 aliphatic carbocycles. The molecule has 0 radical (unpaired) electrons. The molecule has 28 heavy (non-hydrogen) atoms. The maximum Gasteiger partial charge on any atom is 0.271 e. The third kappa shape index (κ3) is 3.79. The van der Waals surface area contributed by atoms with E-state index in [1.165, 1.54) is 11.3 Å². The zero-order valence-electron chi connectivity index (χ0n) is 15.1. The summed E-state index contributed by atoms with van der Waals surface area (Å²) in [4.78, 5) is 19.1. The monoisotopic (exact) mass is 452 g/mol. The van der Waals surface area contributed by atoms with Crippen molar-refractivity contribution in [3.8, 4) is 5.75 Å². The number of anilines is 2. The molecule has 0 fully saturated rings. The molecule has 1 amide bonds. The Morgan fingerprint density at radius 3 is 2.57 bits per heavy atom. The van der Waals surface area contributed by atoms with Gasteiger partial charge in [-0.2, -0.15) is 0 Å². The molecule has 0 N–H and O–H groups in total. The zero-order chi connectivity index (χ0) is 19.5. The molecule has 0 aliphatic heterocycles. The van der Waals surface area contributed by atoms with E-state index < -0.39 is 0 Å². The van der Waals surface area contributed by atoms with Crippen LogP contribution in [0.25, 0.3) is 10.8 Å². The van der Waals surface area contributed by atoms with Crippen LogP contribution in [0.3, 0.4) is 0 Å². The summed E-state index contributed by atoms with van der Waals surface area (Å²) in [7, 11) is 0. The third-order valence-electron chi connectivity index (χ3n) is 4.24. The van der Waals surface area contributed by atoms with Crippen molar-refractivity contribution in [1.29, 1.82) is 0 Å². The average molecular weight is 453 g/mol. The molecule has 0 saturated carbocycles. The van der Waals surface area contributed by atoms with Crippen LogP contribution < -0.4 is 9.64 Å². The minimum absolute atomic E-state index is 0.0928. The van der Waals surface area contributed by atoms with Gasteiger partial charge in [0, 0.05) is 5.38 Å². The molecule has 4 aromatic rings. The number of benzene rings is 3. The smallest absolute Gasteiger partial charge is 0.271 e. The van der Waals surface area contributed by atoms with Gasteiger partial charge in [0.25, 0.3) is 5.91 Å². The quantitative estimate of drug-likeness (QED) is 0.366. The van der Waals surface area contributed by atoms with Gasteiger partial charge in [0.15, 0.2) is 11.7 Å². The molecule has 0 atom stereocenters. The summed E-state index contributed by atoms with van der Waals surface area (Å²) >= 11 is 5.04. The lowest BCUT2D eigenvalue weighted by Gasteiger charge is -2.20. The Morgan fingerprint density at radius 1 is 1.07 bits per heavy atom. The number of carbonyl (C=O) groups is 1. The predicted molar refractivity (Wildman–Crippen MR) is 118 cm³/mol. The topological polar surface area (TPSA) is 42.4 Å². The lowest BCUT2D eigenvalue weighted by Crippen LogP contribution is -2.30. The second kappa shape index (κ2) is 8.12. The van der Waals surface area contributed by atoms with Gasteiger partial charge in [0.1, 0.15) is 5.75 Å². The van der Waals surface area contributed by atoms with Crippen LogP contribution in [0.4, 0.5) is 10.8 Å². The van der Waals surface area contributed by atoms with Gasteiger partial charge in [-0.1, -0.05) is 48.5 Å². The number of halogens is 1. The molecule has 0 unspecified atom stereocenters. The van der Waals surface area contributed by atoms with E-state index in [1.807, 2.05) is 79.0 Å². The third-order valence-corrected chi connectivity index (χ3v) is 6.00. The highest BCUT2D eigenvalue weighted by molar-refractivity contribution is 9.10. The molecule has 6 heteroatoms. The van der Waals surface area contributed by atoms with Crippen LogP contribution in [-0.2, 0) is 4.79 Å². The molecule has 140 valence electrons. The summed E-state index contributed by atoms with van der Waals surface area (Å²) < 4.78 is 6.72. The number of carbonyl (C=O) groups excluding carboxylic acids is 1. The van der Waals surface area contributed by atoms with Gasteiger partial charge in [0.2, 0.25) is 0 Å². The highest BCUT2D eigenvalue weighted by Crippen LogP contribution is 2.34. The normalized spacial score (nSPS) is 10.8. The van der Waals surface area contributed by atoms with Crippen LogP contribution in [-0.4, -0.2) is 17.5 Å². The first kappa shape index (κ1) is 18.7. The Kier molecular flexibility index (Phi) is 5.41. The van der Waals surface area contributed by atoms with Crippen LogP contribution in [0, 0.1) is 6.92 Å². The molecular formula is C22H17BrN2O2S. The Hall–Kier alpha value is -2.70. The Morgan fingerprint density at radius 2 is 1.82 bits per heavy atom. The fourth-order valence-electron chi connectivity index (χ4n) is 2.91. The van der Waals surface area contributed by atoms with Crippen LogP contribution in [0.5, 0.6) is 5.75 Å². The van der Waals surface area contributed by atoms with Crippen LogP contribution in [0.1, 0.15) is 5.69 Å². The number of aromatic nitrogens is 1. The summed E-state index contributed by atoms with van der Waals surface area (Å²) in [6.45, 7) is 1.82. The highest BCUT2D eigenvalue weighted by Gasteiger charge is 2.21. The minimum atomic E-state index is -0.180. The number of aryl methyl sites for hydroxylation is 1. The zero-order valence-corrected chi connectivity index (χ0v) is 17.5. The Balaban J connectivity index is 1.59. The van der Waals surface area contributed by atoms with Crippen molar-refractivity contribution in [2.24, 2.45) is 0 Å². The van der Waals surface area contributed by atoms with Crippen LogP contribution in [0.2, 0.25) is 0 Å². The van der Waals surface area contributed by atoms with Gasteiger partial charge in [-0.25, -0.2) is 4.98 Å². The number of thiazole rings is 1. The SMILES string of the molecule is Cc1csc(N(C(=O)COc2ccc3ccccc3c2Br)c2ccccc2)n1. The van der Waals surface area contributed by atoms with Gasteiger partial charge in [-0.05, 0) is 51.8 Å². The lowest BCUT2D eigenvalue weighted by atomic mass is 10.1. The van der Waals surface area contributed by atoms with Gasteiger partial charge in [0.05, 0.1) is 15.9 Å². The molecule has 0 saturated heterocycles. The highest BCUT2D eigenvalue weighted by atomic mass is 79.9. The predicted octanol–water partition coefficient (Wildman–Crippen LogP) is 6.11. The first-order valence-electron chi connectivity index (χ1n) is 8.73. The van der Waals surface area contributed by atoms with Gasteiger partial charge >= 0.3 is 0 Å². The molecule has 4 rings (SSSR count). The first-order valence-corrected chi connectivity index (χ1v) is 10.4. The molecule has 0 aliphatic rings. The molecule has 1 heterocycles. The van der Waals surface area contributed by atoms with Crippen LogP contribution >= 0.6 is 27.3 Å². The van der Waals surface area contributed by atoms with E-state index in [0.717, 1.165) is 26.6 Å². The molecule has 0 bridgehead atoms. The summed E-state index contributed by atoms with van der Waals surface area (Å²) in [5, 5.41) is 4.72. The van der Waals surface area contributed by atoms with Crippen molar-refractivity contribution in [3.05, 3.63) is 82.3 Å². The number of para-hydroxylation sites is 1. The molecule has 0 spiro atoms. The number of amides is 1. The fourth-order valence-corrected chi connectivity index (χ4v) is 4.36. The maximum absolute atomic E-state index is 13.1. The Bertz CT molecular complexity index is 1130. The molecular weight excluding hydrogens is 436 g/mol.